The third-order valence-corrected chi connectivity index (χ3v) is 4.53. The summed E-state index contributed by atoms with van der Waals surface area (Å²) in [6.07, 6.45) is 2.17. The average Bonchev–Trinajstić information content (AvgIpc) is 3.18. The summed E-state index contributed by atoms with van der Waals surface area (Å²) in [5, 5.41) is 0. The molecule has 148 valence electrons. The molecule has 2 aromatic rings. The van der Waals surface area contributed by atoms with E-state index in [2.05, 4.69) is 13.8 Å². The van der Waals surface area contributed by atoms with Gasteiger partial charge in [0.25, 0.3) is 11.8 Å². The Kier molecular flexibility index (Phi) is 8.53. The molecule has 2 N–H and O–H groups in total. The van der Waals surface area contributed by atoms with E-state index < -0.39 is 0 Å². The van der Waals surface area contributed by atoms with E-state index in [1.807, 2.05) is 0 Å². The van der Waals surface area contributed by atoms with E-state index in [-0.39, 0.29) is 36.0 Å². The van der Waals surface area contributed by atoms with Crippen molar-refractivity contribution in [1.29, 1.82) is 0 Å². The summed E-state index contributed by atoms with van der Waals surface area (Å²) in [4.78, 5) is 28.5. The van der Waals surface area contributed by atoms with Crippen molar-refractivity contribution in [3.8, 4) is 0 Å². The second-order valence-electron chi connectivity index (χ2n) is 6.78. The van der Waals surface area contributed by atoms with Crippen molar-refractivity contribution in [3.63, 3.8) is 0 Å². The summed E-state index contributed by atoms with van der Waals surface area (Å²) in [6, 6.07) is 10.4. The van der Waals surface area contributed by atoms with Gasteiger partial charge in [-0.15, -0.1) is 12.4 Å². The number of halogens is 1. The number of amides is 2. The first-order valence-corrected chi connectivity index (χ1v) is 8.74. The number of nitrogens with two attached hydrogens (primary N) is 1. The van der Waals surface area contributed by atoms with Crippen molar-refractivity contribution in [2.45, 2.75) is 26.3 Å². The van der Waals surface area contributed by atoms with Gasteiger partial charge in [-0.2, -0.15) is 0 Å². The third-order valence-electron chi connectivity index (χ3n) is 4.53. The van der Waals surface area contributed by atoms with E-state index in [1.54, 1.807) is 55.4 Å². The molecule has 1 unspecified atom stereocenters. The Morgan fingerprint density at radius 2 is 1.74 bits per heavy atom. The van der Waals surface area contributed by atoms with Crippen LogP contribution < -0.4 is 10.6 Å². The highest BCUT2D eigenvalue weighted by atomic mass is 35.5. The lowest BCUT2D eigenvalue weighted by atomic mass is 10.0. The minimum Gasteiger partial charge on any atom is -0.459 e. The maximum Gasteiger partial charge on any atom is 0.293 e. The topological polar surface area (TPSA) is 79.8 Å². The van der Waals surface area contributed by atoms with E-state index in [9.17, 15) is 9.59 Å². The lowest BCUT2D eigenvalue weighted by Gasteiger charge is -2.24. The normalized spacial score (nSPS) is 11.6. The smallest absolute Gasteiger partial charge is 0.293 e. The molecule has 0 bridgehead atoms. The Morgan fingerprint density at radius 3 is 2.33 bits per heavy atom. The fraction of sp³-hybridized carbons (Fsp3) is 0.400. The number of hydrogen-bond donors (Lipinski definition) is 1. The standard InChI is InChI=1S/C20H27N3O3.ClH/c1-14(2)16(21)11-12-22(3)19(24)15-8-5-6-9-17(15)23(4)20(25)18-10-7-13-26-18;/h5-10,13-14,16H,11-12,21H2,1-4H3;1H. The van der Waals surface area contributed by atoms with Crippen LogP contribution in [0.4, 0.5) is 5.69 Å². The monoisotopic (exact) mass is 393 g/mol. The molecule has 0 radical (unpaired) electrons. The molecule has 0 spiro atoms. The fourth-order valence-corrected chi connectivity index (χ4v) is 2.61. The summed E-state index contributed by atoms with van der Waals surface area (Å²) >= 11 is 0. The molecule has 0 aliphatic rings. The van der Waals surface area contributed by atoms with Crippen LogP contribution in [0.2, 0.25) is 0 Å². The van der Waals surface area contributed by atoms with Crippen LogP contribution in [-0.4, -0.2) is 43.4 Å². The Morgan fingerprint density at radius 1 is 1.07 bits per heavy atom. The molecule has 1 aromatic heterocycles. The van der Waals surface area contributed by atoms with Gasteiger partial charge in [0.1, 0.15) is 0 Å². The van der Waals surface area contributed by atoms with Gasteiger partial charge < -0.3 is 20.0 Å². The van der Waals surface area contributed by atoms with Crippen LogP contribution in [0.3, 0.4) is 0 Å². The second-order valence-corrected chi connectivity index (χ2v) is 6.78. The second kappa shape index (κ2) is 10.1. The first-order valence-electron chi connectivity index (χ1n) is 8.74. The van der Waals surface area contributed by atoms with Crippen molar-refractivity contribution >= 4 is 29.9 Å². The van der Waals surface area contributed by atoms with Crippen LogP contribution in [0, 0.1) is 5.92 Å². The SMILES string of the molecule is CC(C)C(N)CCN(C)C(=O)c1ccccc1N(C)C(=O)c1ccco1.Cl. The number of carbonyl (C=O) groups excluding carboxylic acids is 2. The van der Waals surface area contributed by atoms with Gasteiger partial charge in [0, 0.05) is 26.7 Å². The number of para-hydroxylation sites is 1. The van der Waals surface area contributed by atoms with E-state index in [0.29, 0.717) is 23.7 Å². The van der Waals surface area contributed by atoms with Crippen LogP contribution in [0.1, 0.15) is 41.2 Å². The quantitative estimate of drug-likeness (QED) is 0.781. The van der Waals surface area contributed by atoms with Crippen molar-refractivity contribution in [3.05, 3.63) is 54.0 Å². The van der Waals surface area contributed by atoms with E-state index in [0.717, 1.165) is 6.42 Å². The summed E-state index contributed by atoms with van der Waals surface area (Å²) in [7, 11) is 3.38. The maximum atomic E-state index is 12.9. The first kappa shape index (κ1) is 22.7. The fourth-order valence-electron chi connectivity index (χ4n) is 2.61. The number of nitrogens with zero attached hydrogens (tertiary/aromatic N) is 2. The average molecular weight is 394 g/mol. The lowest BCUT2D eigenvalue weighted by molar-refractivity contribution is 0.0790. The van der Waals surface area contributed by atoms with Gasteiger partial charge in [-0.05, 0) is 36.6 Å². The van der Waals surface area contributed by atoms with Gasteiger partial charge in [0.2, 0.25) is 0 Å². The molecule has 0 fully saturated rings. The predicted octanol–water partition coefficient (Wildman–Crippen LogP) is 3.42. The van der Waals surface area contributed by atoms with Crippen molar-refractivity contribution in [2.75, 3.05) is 25.5 Å². The molecule has 7 heteroatoms. The zero-order valence-corrected chi connectivity index (χ0v) is 17.0. The van der Waals surface area contributed by atoms with Crippen molar-refractivity contribution < 1.29 is 14.0 Å². The molecule has 2 amide bonds. The molecule has 0 aliphatic carbocycles. The number of hydrogen-bond acceptors (Lipinski definition) is 4. The Hall–Kier alpha value is -2.31. The molecule has 2 rings (SSSR count). The molecule has 1 atom stereocenters. The van der Waals surface area contributed by atoms with Gasteiger partial charge >= 0.3 is 0 Å². The molecule has 1 aromatic carbocycles. The van der Waals surface area contributed by atoms with Gasteiger partial charge in [-0.25, -0.2) is 0 Å². The molecule has 6 nitrogen and oxygen atoms in total. The molecular weight excluding hydrogens is 366 g/mol. The van der Waals surface area contributed by atoms with Gasteiger partial charge in [-0.3, -0.25) is 9.59 Å². The van der Waals surface area contributed by atoms with Crippen LogP contribution in [0.25, 0.3) is 0 Å². The summed E-state index contributed by atoms with van der Waals surface area (Å²) in [5.74, 6) is 0.143. The summed E-state index contributed by atoms with van der Waals surface area (Å²) in [5.41, 5.74) is 7.08. The Balaban J connectivity index is 0.00000364. The van der Waals surface area contributed by atoms with Crippen LogP contribution >= 0.6 is 12.4 Å². The van der Waals surface area contributed by atoms with Crippen molar-refractivity contribution in [1.82, 2.24) is 4.90 Å². The van der Waals surface area contributed by atoms with E-state index >= 15 is 0 Å². The highest BCUT2D eigenvalue weighted by Gasteiger charge is 2.23. The number of furan rings is 1. The Labute approximate surface area is 166 Å². The van der Waals surface area contributed by atoms with Crippen LogP contribution in [0.15, 0.2) is 47.1 Å². The highest BCUT2D eigenvalue weighted by molar-refractivity contribution is 6.08. The van der Waals surface area contributed by atoms with Gasteiger partial charge in [0.15, 0.2) is 5.76 Å². The zero-order chi connectivity index (χ0) is 19.3. The maximum absolute atomic E-state index is 12.9. The number of carbonyl (C=O) groups is 2. The molecule has 0 aliphatic heterocycles. The Bertz CT molecular complexity index is 747. The van der Waals surface area contributed by atoms with Crippen LogP contribution in [-0.2, 0) is 0 Å². The van der Waals surface area contributed by atoms with E-state index in [1.165, 1.54) is 11.2 Å². The third kappa shape index (κ3) is 5.58. The number of benzene rings is 1. The molecule has 0 saturated heterocycles. The molecule has 27 heavy (non-hydrogen) atoms. The van der Waals surface area contributed by atoms with Crippen molar-refractivity contribution in [2.24, 2.45) is 11.7 Å². The molecule has 0 saturated carbocycles. The van der Waals surface area contributed by atoms with Gasteiger partial charge in [0.05, 0.1) is 17.5 Å². The minimum absolute atomic E-state index is 0. The van der Waals surface area contributed by atoms with Crippen LogP contribution in [0.5, 0.6) is 0 Å². The van der Waals surface area contributed by atoms with E-state index in [4.69, 9.17) is 10.2 Å². The number of rotatable bonds is 7. The minimum atomic E-state index is -0.306. The molecule has 1 heterocycles. The first-order chi connectivity index (χ1) is 12.3. The zero-order valence-electron chi connectivity index (χ0n) is 16.2. The summed E-state index contributed by atoms with van der Waals surface area (Å²) in [6.45, 7) is 4.69. The highest BCUT2D eigenvalue weighted by Crippen LogP contribution is 2.23. The summed E-state index contributed by atoms with van der Waals surface area (Å²) < 4.78 is 5.17. The largest absolute Gasteiger partial charge is 0.459 e. The van der Waals surface area contributed by atoms with Gasteiger partial charge in [-0.1, -0.05) is 26.0 Å². The predicted molar refractivity (Wildman–Crippen MR) is 110 cm³/mol. The lowest BCUT2D eigenvalue weighted by Crippen LogP contribution is -2.35. The molecular formula is C20H28ClN3O3. The number of anilines is 1.